The van der Waals surface area contributed by atoms with Crippen LogP contribution in [0.1, 0.15) is 5.69 Å². The number of morpholine rings is 1. The molecule has 6 heteroatoms. The van der Waals surface area contributed by atoms with E-state index in [-0.39, 0.29) is 6.10 Å². The molecule has 1 saturated heterocycles. The molecule has 1 aliphatic heterocycles. The summed E-state index contributed by atoms with van der Waals surface area (Å²) in [6.45, 7) is 4.41. The molecule has 2 aromatic rings. The lowest BCUT2D eigenvalue weighted by molar-refractivity contribution is -0.0294. The van der Waals surface area contributed by atoms with Crippen molar-refractivity contribution in [3.05, 3.63) is 35.2 Å². The summed E-state index contributed by atoms with van der Waals surface area (Å²) in [5.74, 6) is 0. The zero-order chi connectivity index (χ0) is 13.9. The molecule has 0 aromatic carbocycles. The normalized spacial score (nSPS) is 20.6. The Morgan fingerprint density at radius 1 is 1.45 bits per heavy atom. The molecule has 1 aliphatic rings. The summed E-state index contributed by atoms with van der Waals surface area (Å²) >= 11 is 5.99. The first-order valence-corrected chi connectivity index (χ1v) is 7.24. The van der Waals surface area contributed by atoms with Gasteiger partial charge in [0, 0.05) is 38.6 Å². The molecule has 3 heterocycles. The Bertz CT molecular complexity index is 584. The number of rotatable bonds is 4. The van der Waals surface area contributed by atoms with Crippen LogP contribution in [0.5, 0.6) is 0 Å². The number of nitrogens with one attached hydrogen (secondary N) is 1. The third-order valence-corrected chi connectivity index (χ3v) is 3.73. The number of halogens is 1. The summed E-state index contributed by atoms with van der Waals surface area (Å²) < 4.78 is 7.69. The smallest absolute Gasteiger partial charge is 0.137 e. The van der Waals surface area contributed by atoms with Crippen molar-refractivity contribution in [3.63, 3.8) is 0 Å². The summed E-state index contributed by atoms with van der Waals surface area (Å²) in [6, 6.07) is 3.81. The second-order valence-electron chi connectivity index (χ2n) is 5.13. The average Bonchev–Trinajstić information content (AvgIpc) is 2.81. The van der Waals surface area contributed by atoms with Gasteiger partial charge in [-0.1, -0.05) is 11.6 Å². The third kappa shape index (κ3) is 3.12. The Morgan fingerprint density at radius 3 is 3.20 bits per heavy atom. The average molecular weight is 295 g/mol. The van der Waals surface area contributed by atoms with Crippen LogP contribution in [0, 0.1) is 0 Å². The van der Waals surface area contributed by atoms with E-state index in [1.54, 1.807) is 0 Å². The minimum atomic E-state index is 0.264. The van der Waals surface area contributed by atoms with Gasteiger partial charge in [-0.25, -0.2) is 4.98 Å². The van der Waals surface area contributed by atoms with Gasteiger partial charge in [0.1, 0.15) is 5.65 Å². The van der Waals surface area contributed by atoms with Crippen molar-refractivity contribution in [1.29, 1.82) is 0 Å². The van der Waals surface area contributed by atoms with Crippen LogP contribution < -0.4 is 5.32 Å². The monoisotopic (exact) mass is 294 g/mol. The number of nitrogens with zero attached hydrogens (tertiary/aromatic N) is 3. The maximum atomic E-state index is 5.99. The van der Waals surface area contributed by atoms with E-state index in [1.165, 1.54) is 0 Å². The Balaban J connectivity index is 1.69. The molecular formula is C14H19ClN4O. The zero-order valence-electron chi connectivity index (χ0n) is 11.6. The van der Waals surface area contributed by atoms with Crippen LogP contribution in [0.4, 0.5) is 0 Å². The molecule has 0 spiro atoms. The van der Waals surface area contributed by atoms with Crippen LogP contribution in [-0.4, -0.2) is 53.7 Å². The fourth-order valence-electron chi connectivity index (χ4n) is 2.60. The van der Waals surface area contributed by atoms with Gasteiger partial charge in [0.05, 0.1) is 23.4 Å². The molecule has 0 bridgehead atoms. The van der Waals surface area contributed by atoms with E-state index in [0.29, 0.717) is 0 Å². The molecule has 1 atom stereocenters. The highest BCUT2D eigenvalue weighted by molar-refractivity contribution is 6.30. The van der Waals surface area contributed by atoms with E-state index in [1.807, 2.05) is 36.0 Å². The number of fused-ring (bicyclic) bond motifs is 1. The number of pyridine rings is 1. The van der Waals surface area contributed by atoms with Crippen LogP contribution in [0.3, 0.4) is 0 Å². The first-order chi connectivity index (χ1) is 9.74. The van der Waals surface area contributed by atoms with Crippen molar-refractivity contribution in [1.82, 2.24) is 19.6 Å². The van der Waals surface area contributed by atoms with Crippen molar-refractivity contribution >= 4 is 17.2 Å². The molecule has 20 heavy (non-hydrogen) atoms. The molecular weight excluding hydrogens is 276 g/mol. The number of hydrogen-bond acceptors (Lipinski definition) is 4. The summed E-state index contributed by atoms with van der Waals surface area (Å²) in [5.41, 5.74) is 2.00. The van der Waals surface area contributed by atoms with Crippen LogP contribution in [0.15, 0.2) is 24.5 Å². The first kappa shape index (κ1) is 13.8. The molecule has 0 amide bonds. The lowest BCUT2D eigenvalue weighted by Crippen LogP contribution is -2.45. The SMILES string of the molecule is CNCC1CN(Cc2cn3cc(Cl)ccc3n2)CCO1. The van der Waals surface area contributed by atoms with E-state index in [4.69, 9.17) is 16.3 Å². The highest BCUT2D eigenvalue weighted by Gasteiger charge is 2.20. The van der Waals surface area contributed by atoms with Crippen LogP contribution in [0.2, 0.25) is 5.02 Å². The molecule has 2 aromatic heterocycles. The van der Waals surface area contributed by atoms with Crippen LogP contribution in [-0.2, 0) is 11.3 Å². The van der Waals surface area contributed by atoms with Gasteiger partial charge in [-0.2, -0.15) is 0 Å². The number of ether oxygens (including phenoxy) is 1. The standard InChI is InChI=1S/C14H19ClN4O/c1-16-6-13-10-18(4-5-20-13)8-12-9-19-7-11(15)2-3-14(19)17-12/h2-3,7,9,13,16H,4-6,8,10H2,1H3. The van der Waals surface area contributed by atoms with Gasteiger partial charge in [-0.15, -0.1) is 0 Å². The molecule has 5 nitrogen and oxygen atoms in total. The van der Waals surface area contributed by atoms with Gasteiger partial charge in [-0.3, -0.25) is 4.90 Å². The van der Waals surface area contributed by atoms with Crippen molar-refractivity contribution in [2.45, 2.75) is 12.6 Å². The molecule has 1 unspecified atom stereocenters. The molecule has 3 rings (SSSR count). The zero-order valence-corrected chi connectivity index (χ0v) is 12.3. The van der Waals surface area contributed by atoms with Crippen LogP contribution in [0.25, 0.3) is 5.65 Å². The lowest BCUT2D eigenvalue weighted by Gasteiger charge is -2.32. The molecule has 1 N–H and O–H groups in total. The van der Waals surface area contributed by atoms with Gasteiger partial charge in [0.25, 0.3) is 0 Å². The second kappa shape index (κ2) is 6.10. The van der Waals surface area contributed by atoms with Crippen molar-refractivity contribution in [2.75, 3.05) is 33.3 Å². The number of likely N-dealkylation sites (N-methyl/N-ethyl adjacent to an activating group) is 1. The summed E-state index contributed by atoms with van der Waals surface area (Å²) in [4.78, 5) is 7.01. The van der Waals surface area contributed by atoms with Crippen LogP contribution >= 0.6 is 11.6 Å². The highest BCUT2D eigenvalue weighted by Crippen LogP contribution is 2.14. The summed E-state index contributed by atoms with van der Waals surface area (Å²) in [6.07, 6.45) is 4.19. The fraction of sp³-hybridized carbons (Fsp3) is 0.500. The summed E-state index contributed by atoms with van der Waals surface area (Å²) in [7, 11) is 1.95. The van der Waals surface area contributed by atoms with E-state index in [9.17, 15) is 0 Å². The fourth-order valence-corrected chi connectivity index (χ4v) is 2.77. The molecule has 0 radical (unpaired) electrons. The Morgan fingerprint density at radius 2 is 2.35 bits per heavy atom. The number of aromatic nitrogens is 2. The Hall–Kier alpha value is -1.14. The maximum absolute atomic E-state index is 5.99. The van der Waals surface area contributed by atoms with Gasteiger partial charge < -0.3 is 14.5 Å². The topological polar surface area (TPSA) is 41.8 Å². The van der Waals surface area contributed by atoms with Gasteiger partial charge in [-0.05, 0) is 19.2 Å². The lowest BCUT2D eigenvalue weighted by atomic mass is 10.2. The van der Waals surface area contributed by atoms with E-state index in [0.717, 1.165) is 49.1 Å². The predicted octanol–water partition coefficient (Wildman–Crippen LogP) is 1.41. The minimum absolute atomic E-state index is 0.264. The van der Waals surface area contributed by atoms with Gasteiger partial charge in [0.15, 0.2) is 0 Å². The van der Waals surface area contributed by atoms with Gasteiger partial charge >= 0.3 is 0 Å². The van der Waals surface area contributed by atoms with Crippen molar-refractivity contribution in [2.24, 2.45) is 0 Å². The number of imidazole rings is 1. The second-order valence-corrected chi connectivity index (χ2v) is 5.57. The number of hydrogen-bond donors (Lipinski definition) is 1. The summed E-state index contributed by atoms with van der Waals surface area (Å²) in [5, 5.41) is 3.89. The van der Waals surface area contributed by atoms with E-state index >= 15 is 0 Å². The predicted molar refractivity (Wildman–Crippen MR) is 79.1 cm³/mol. The Kier molecular flexibility index (Phi) is 4.21. The van der Waals surface area contributed by atoms with Crippen molar-refractivity contribution < 1.29 is 4.74 Å². The molecule has 0 saturated carbocycles. The first-order valence-electron chi connectivity index (χ1n) is 6.86. The molecule has 108 valence electrons. The van der Waals surface area contributed by atoms with Crippen molar-refractivity contribution in [3.8, 4) is 0 Å². The van der Waals surface area contributed by atoms with Gasteiger partial charge in [0.2, 0.25) is 0 Å². The molecule has 0 aliphatic carbocycles. The third-order valence-electron chi connectivity index (χ3n) is 3.51. The highest BCUT2D eigenvalue weighted by atomic mass is 35.5. The maximum Gasteiger partial charge on any atom is 0.137 e. The Labute approximate surface area is 123 Å². The van der Waals surface area contributed by atoms with E-state index < -0.39 is 0 Å². The minimum Gasteiger partial charge on any atom is -0.374 e. The molecule has 1 fully saturated rings. The largest absolute Gasteiger partial charge is 0.374 e. The van der Waals surface area contributed by atoms with E-state index in [2.05, 4.69) is 15.2 Å². The quantitative estimate of drug-likeness (QED) is 0.926.